The molecule has 0 atom stereocenters. The molecule has 0 saturated heterocycles. The standard InChI is InChI=1S/C10H9N3O2S/c1-6-4-2-3-5-7(6)13-8(9(14)15)11-12-10(13)16/h2-5H,1H3,(H,12,16)(H,14,15). The molecule has 1 aromatic heterocycles. The second-order valence-corrected chi connectivity index (χ2v) is 3.67. The lowest BCUT2D eigenvalue weighted by atomic mass is 10.2. The van der Waals surface area contributed by atoms with E-state index in [2.05, 4.69) is 10.2 Å². The van der Waals surface area contributed by atoms with Crippen LogP contribution in [0.1, 0.15) is 16.2 Å². The Morgan fingerprint density at radius 1 is 1.50 bits per heavy atom. The molecule has 0 radical (unpaired) electrons. The van der Waals surface area contributed by atoms with E-state index in [1.54, 1.807) is 6.07 Å². The van der Waals surface area contributed by atoms with Crippen molar-refractivity contribution in [2.45, 2.75) is 6.92 Å². The lowest BCUT2D eigenvalue weighted by Crippen LogP contribution is -2.09. The van der Waals surface area contributed by atoms with Gasteiger partial charge < -0.3 is 5.11 Å². The normalized spacial score (nSPS) is 10.3. The zero-order valence-corrected chi connectivity index (χ0v) is 9.28. The number of benzene rings is 1. The Morgan fingerprint density at radius 3 is 2.81 bits per heavy atom. The van der Waals surface area contributed by atoms with Crippen LogP contribution in [0.15, 0.2) is 24.3 Å². The molecule has 82 valence electrons. The fourth-order valence-corrected chi connectivity index (χ4v) is 1.71. The third kappa shape index (κ3) is 1.63. The van der Waals surface area contributed by atoms with Gasteiger partial charge in [-0.15, -0.1) is 5.10 Å². The molecule has 0 fully saturated rings. The van der Waals surface area contributed by atoms with Crippen LogP contribution in [0.25, 0.3) is 5.69 Å². The summed E-state index contributed by atoms with van der Waals surface area (Å²) in [7, 11) is 0. The van der Waals surface area contributed by atoms with Crippen molar-refractivity contribution in [2.75, 3.05) is 0 Å². The molecule has 0 aliphatic carbocycles. The topological polar surface area (TPSA) is 70.9 Å². The third-order valence-electron chi connectivity index (χ3n) is 2.22. The first kappa shape index (κ1) is 10.6. The van der Waals surface area contributed by atoms with Crippen LogP contribution in [0.4, 0.5) is 0 Å². The number of rotatable bonds is 2. The quantitative estimate of drug-likeness (QED) is 0.780. The molecule has 0 aliphatic rings. The molecule has 2 aromatic rings. The van der Waals surface area contributed by atoms with E-state index in [1.807, 2.05) is 25.1 Å². The van der Waals surface area contributed by atoms with Crippen LogP contribution in [-0.2, 0) is 0 Å². The molecule has 0 unspecified atom stereocenters. The first-order valence-electron chi connectivity index (χ1n) is 4.58. The van der Waals surface area contributed by atoms with Crippen LogP contribution in [-0.4, -0.2) is 25.8 Å². The van der Waals surface area contributed by atoms with Crippen LogP contribution in [0.2, 0.25) is 0 Å². The maximum absolute atomic E-state index is 11.0. The fraction of sp³-hybridized carbons (Fsp3) is 0.100. The van der Waals surface area contributed by atoms with Gasteiger partial charge in [0.1, 0.15) is 0 Å². The van der Waals surface area contributed by atoms with Crippen LogP contribution in [0, 0.1) is 11.7 Å². The molecule has 2 N–H and O–H groups in total. The van der Waals surface area contributed by atoms with Crippen molar-refractivity contribution in [3.8, 4) is 5.69 Å². The maximum atomic E-state index is 11.0. The van der Waals surface area contributed by atoms with Gasteiger partial charge in [0.05, 0.1) is 5.69 Å². The largest absolute Gasteiger partial charge is 0.475 e. The minimum atomic E-state index is -1.12. The third-order valence-corrected chi connectivity index (χ3v) is 2.49. The molecule has 0 amide bonds. The van der Waals surface area contributed by atoms with E-state index in [0.717, 1.165) is 11.3 Å². The highest BCUT2D eigenvalue weighted by molar-refractivity contribution is 7.71. The molecular formula is C10H9N3O2S. The van der Waals surface area contributed by atoms with E-state index in [1.165, 1.54) is 4.57 Å². The first-order valence-corrected chi connectivity index (χ1v) is 4.99. The van der Waals surface area contributed by atoms with Gasteiger partial charge in [0.2, 0.25) is 5.82 Å². The summed E-state index contributed by atoms with van der Waals surface area (Å²) in [4.78, 5) is 11.0. The SMILES string of the molecule is Cc1ccccc1-n1c(C(=O)O)n[nH]c1=S. The summed E-state index contributed by atoms with van der Waals surface area (Å²) in [6, 6.07) is 7.38. The second-order valence-electron chi connectivity index (χ2n) is 3.28. The van der Waals surface area contributed by atoms with Gasteiger partial charge in [0, 0.05) is 0 Å². The van der Waals surface area contributed by atoms with Crippen molar-refractivity contribution in [1.82, 2.24) is 14.8 Å². The Bertz CT molecular complexity index is 600. The molecular weight excluding hydrogens is 226 g/mol. The monoisotopic (exact) mass is 235 g/mol. The molecule has 0 bridgehead atoms. The lowest BCUT2D eigenvalue weighted by Gasteiger charge is -2.06. The van der Waals surface area contributed by atoms with Crippen molar-refractivity contribution in [3.63, 3.8) is 0 Å². The summed E-state index contributed by atoms with van der Waals surface area (Å²) in [6.45, 7) is 1.88. The van der Waals surface area contributed by atoms with Crippen LogP contribution >= 0.6 is 12.2 Å². The number of carbonyl (C=O) groups is 1. The number of aryl methyl sites for hydroxylation is 1. The highest BCUT2D eigenvalue weighted by Gasteiger charge is 2.15. The Morgan fingerprint density at radius 2 is 2.19 bits per heavy atom. The van der Waals surface area contributed by atoms with E-state index in [0.29, 0.717) is 0 Å². The average Bonchev–Trinajstić information content (AvgIpc) is 2.61. The Kier molecular flexibility index (Phi) is 2.57. The molecule has 0 aliphatic heterocycles. The molecule has 5 nitrogen and oxygen atoms in total. The van der Waals surface area contributed by atoms with E-state index in [-0.39, 0.29) is 10.6 Å². The van der Waals surface area contributed by atoms with Gasteiger partial charge in [-0.3, -0.25) is 9.67 Å². The number of hydrogen-bond donors (Lipinski definition) is 2. The maximum Gasteiger partial charge on any atom is 0.374 e. The predicted octanol–water partition coefficient (Wildman–Crippen LogP) is 1.94. The molecule has 16 heavy (non-hydrogen) atoms. The van der Waals surface area contributed by atoms with Gasteiger partial charge in [-0.25, -0.2) is 4.79 Å². The van der Waals surface area contributed by atoms with E-state index in [4.69, 9.17) is 17.3 Å². The number of carboxylic acid groups (broad SMARTS) is 1. The fourth-order valence-electron chi connectivity index (χ4n) is 1.48. The van der Waals surface area contributed by atoms with Gasteiger partial charge in [-0.1, -0.05) is 18.2 Å². The molecule has 0 spiro atoms. The summed E-state index contributed by atoms with van der Waals surface area (Å²) >= 11 is 5.02. The Balaban J connectivity index is 2.74. The van der Waals surface area contributed by atoms with Gasteiger partial charge in [-0.2, -0.15) is 0 Å². The molecule has 1 aromatic carbocycles. The smallest absolute Gasteiger partial charge is 0.374 e. The van der Waals surface area contributed by atoms with E-state index < -0.39 is 5.97 Å². The summed E-state index contributed by atoms with van der Waals surface area (Å²) in [5, 5.41) is 15.1. The number of carboxylic acids is 1. The van der Waals surface area contributed by atoms with Crippen molar-refractivity contribution in [2.24, 2.45) is 0 Å². The van der Waals surface area contributed by atoms with Crippen LogP contribution < -0.4 is 0 Å². The number of H-pyrrole nitrogens is 1. The number of aromatic amines is 1. The molecule has 2 rings (SSSR count). The van der Waals surface area contributed by atoms with Crippen molar-refractivity contribution >= 4 is 18.2 Å². The number of aromatic carboxylic acids is 1. The van der Waals surface area contributed by atoms with Crippen molar-refractivity contribution < 1.29 is 9.90 Å². The Hall–Kier alpha value is -1.95. The highest BCUT2D eigenvalue weighted by atomic mass is 32.1. The zero-order valence-electron chi connectivity index (χ0n) is 8.47. The molecule has 6 heteroatoms. The summed E-state index contributed by atoms with van der Waals surface area (Å²) in [5.74, 6) is -1.23. The minimum Gasteiger partial charge on any atom is -0.475 e. The minimum absolute atomic E-state index is 0.112. The molecule has 0 saturated carbocycles. The van der Waals surface area contributed by atoms with Crippen LogP contribution in [0.5, 0.6) is 0 Å². The second kappa shape index (κ2) is 3.90. The van der Waals surface area contributed by atoms with E-state index >= 15 is 0 Å². The predicted molar refractivity (Wildman–Crippen MR) is 60.4 cm³/mol. The number of para-hydroxylation sites is 1. The first-order chi connectivity index (χ1) is 7.61. The lowest BCUT2D eigenvalue weighted by molar-refractivity contribution is 0.0681. The van der Waals surface area contributed by atoms with Crippen LogP contribution in [0.3, 0.4) is 0 Å². The van der Waals surface area contributed by atoms with Crippen molar-refractivity contribution in [3.05, 3.63) is 40.4 Å². The zero-order chi connectivity index (χ0) is 11.7. The Labute approximate surface area is 96.4 Å². The number of nitrogens with one attached hydrogen (secondary N) is 1. The highest BCUT2D eigenvalue weighted by Crippen LogP contribution is 2.15. The average molecular weight is 235 g/mol. The summed E-state index contributed by atoms with van der Waals surface area (Å²) in [5.41, 5.74) is 1.65. The van der Waals surface area contributed by atoms with Gasteiger partial charge in [0.25, 0.3) is 0 Å². The van der Waals surface area contributed by atoms with Crippen molar-refractivity contribution in [1.29, 1.82) is 0 Å². The number of hydrogen-bond acceptors (Lipinski definition) is 3. The summed E-state index contributed by atoms with van der Waals surface area (Å²) < 4.78 is 1.68. The number of nitrogens with zero attached hydrogens (tertiary/aromatic N) is 2. The van der Waals surface area contributed by atoms with Gasteiger partial charge in [-0.05, 0) is 30.8 Å². The number of aromatic nitrogens is 3. The molecule has 1 heterocycles. The summed E-state index contributed by atoms with van der Waals surface area (Å²) in [6.07, 6.45) is 0. The van der Waals surface area contributed by atoms with Gasteiger partial charge >= 0.3 is 5.97 Å². The van der Waals surface area contributed by atoms with Gasteiger partial charge in [0.15, 0.2) is 4.77 Å². The van der Waals surface area contributed by atoms with E-state index in [9.17, 15) is 4.79 Å².